The number of fused-ring (bicyclic) bond motifs is 1. The number of nitrogens with one attached hydrogen (secondary N) is 1. The SMILES string of the molecule is C=CCc1ccccc1OCCOc1ccc(/C=C2/C(=N)N3N=C(S(C)(=O)=O)SC3=NC2=O)cc1Cl. The average Bonchev–Trinajstić information content (AvgIpc) is 3.26. The highest BCUT2D eigenvalue weighted by atomic mass is 35.5. The Balaban J connectivity index is 1.42. The molecule has 2 aromatic carbocycles. The van der Waals surface area contributed by atoms with Gasteiger partial charge in [0.25, 0.3) is 5.91 Å². The molecule has 36 heavy (non-hydrogen) atoms. The Morgan fingerprint density at radius 1 is 1.17 bits per heavy atom. The van der Waals surface area contributed by atoms with E-state index in [2.05, 4.69) is 16.7 Å². The lowest BCUT2D eigenvalue weighted by Crippen LogP contribution is -2.35. The highest BCUT2D eigenvalue weighted by Crippen LogP contribution is 2.31. The van der Waals surface area contributed by atoms with Gasteiger partial charge in [-0.25, -0.2) is 8.42 Å². The number of rotatable bonds is 8. The number of halogens is 1. The first-order valence-electron chi connectivity index (χ1n) is 10.6. The van der Waals surface area contributed by atoms with Crippen molar-refractivity contribution in [1.29, 1.82) is 5.41 Å². The van der Waals surface area contributed by atoms with E-state index in [1.807, 2.05) is 30.3 Å². The third kappa shape index (κ3) is 5.69. The molecule has 186 valence electrons. The smallest absolute Gasteiger partial charge is 0.283 e. The van der Waals surface area contributed by atoms with Crippen molar-refractivity contribution in [3.63, 3.8) is 0 Å². The topological polar surface area (TPSA) is 121 Å². The third-order valence-corrected chi connectivity index (χ3v) is 7.83. The van der Waals surface area contributed by atoms with E-state index in [4.69, 9.17) is 26.5 Å². The van der Waals surface area contributed by atoms with Crippen LogP contribution in [0.25, 0.3) is 6.08 Å². The van der Waals surface area contributed by atoms with Crippen LogP contribution in [0.5, 0.6) is 11.5 Å². The third-order valence-electron chi connectivity index (χ3n) is 4.96. The molecular formula is C24H21ClN4O5S2. The Morgan fingerprint density at radius 2 is 1.89 bits per heavy atom. The summed E-state index contributed by atoms with van der Waals surface area (Å²) in [4.78, 5) is 16.4. The zero-order valence-corrected chi connectivity index (χ0v) is 21.5. The predicted octanol–water partition coefficient (Wildman–Crippen LogP) is 4.15. The van der Waals surface area contributed by atoms with Gasteiger partial charge in [-0.15, -0.1) is 11.7 Å². The van der Waals surface area contributed by atoms with E-state index in [9.17, 15) is 13.2 Å². The summed E-state index contributed by atoms with van der Waals surface area (Å²) < 4.78 is 34.9. The van der Waals surface area contributed by atoms with Gasteiger partial charge in [-0.05, 0) is 53.6 Å². The molecule has 2 aliphatic heterocycles. The number of nitrogens with zero attached hydrogens (tertiary/aromatic N) is 3. The summed E-state index contributed by atoms with van der Waals surface area (Å²) in [6.07, 6.45) is 4.96. The lowest BCUT2D eigenvalue weighted by atomic mass is 10.1. The van der Waals surface area contributed by atoms with Crippen molar-refractivity contribution in [2.75, 3.05) is 19.5 Å². The number of hydrogen-bond donors (Lipinski definition) is 1. The number of thioether (sulfide) groups is 1. The maximum atomic E-state index is 12.5. The lowest BCUT2D eigenvalue weighted by Gasteiger charge is -2.20. The number of amides is 1. The minimum absolute atomic E-state index is 0.0266. The van der Waals surface area contributed by atoms with Crippen LogP contribution in [0.1, 0.15) is 11.1 Å². The molecule has 0 saturated heterocycles. The van der Waals surface area contributed by atoms with E-state index in [1.165, 1.54) is 6.08 Å². The van der Waals surface area contributed by atoms with E-state index in [1.54, 1.807) is 18.2 Å². The van der Waals surface area contributed by atoms with Crippen LogP contribution in [-0.2, 0) is 21.1 Å². The number of para-hydroxylation sites is 1. The fraction of sp³-hybridized carbons (Fsp3) is 0.167. The van der Waals surface area contributed by atoms with E-state index in [0.717, 1.165) is 34.3 Å². The van der Waals surface area contributed by atoms with E-state index in [0.29, 0.717) is 29.4 Å². The van der Waals surface area contributed by atoms with Crippen LogP contribution in [0, 0.1) is 5.41 Å². The fourth-order valence-corrected chi connectivity index (χ4v) is 5.22. The molecule has 9 nitrogen and oxygen atoms in total. The molecule has 0 spiro atoms. The molecule has 0 saturated carbocycles. The van der Waals surface area contributed by atoms with Crippen LogP contribution < -0.4 is 9.47 Å². The number of hydrogen-bond acceptors (Lipinski definition) is 8. The summed E-state index contributed by atoms with van der Waals surface area (Å²) in [6, 6.07) is 12.6. The minimum Gasteiger partial charge on any atom is -0.490 e. The van der Waals surface area contributed by atoms with E-state index in [-0.39, 0.29) is 27.6 Å². The lowest BCUT2D eigenvalue weighted by molar-refractivity contribution is -0.114. The second-order valence-corrected chi connectivity index (χ2v) is 11.2. The van der Waals surface area contributed by atoms with Crippen LogP contribution in [0.3, 0.4) is 0 Å². The first kappa shape index (κ1) is 25.7. The largest absolute Gasteiger partial charge is 0.490 e. The van der Waals surface area contributed by atoms with Gasteiger partial charge in [0, 0.05) is 6.26 Å². The summed E-state index contributed by atoms with van der Waals surface area (Å²) in [5, 5.41) is 13.6. The molecule has 1 N–H and O–H groups in total. The fourth-order valence-electron chi connectivity index (χ4n) is 3.29. The van der Waals surface area contributed by atoms with Crippen molar-refractivity contribution in [3.05, 3.63) is 76.8 Å². The van der Waals surface area contributed by atoms with Crippen molar-refractivity contribution >= 4 is 60.6 Å². The van der Waals surface area contributed by atoms with E-state index < -0.39 is 15.7 Å². The van der Waals surface area contributed by atoms with Gasteiger partial charge in [0.2, 0.25) is 19.4 Å². The van der Waals surface area contributed by atoms with Crippen LogP contribution in [0.4, 0.5) is 0 Å². The van der Waals surface area contributed by atoms with Gasteiger partial charge in [0.1, 0.15) is 24.7 Å². The van der Waals surface area contributed by atoms with Crippen molar-refractivity contribution in [3.8, 4) is 11.5 Å². The standard InChI is InChI=1S/C24H21ClN4O5S2/c1-3-6-16-7-4-5-8-19(16)33-11-12-34-20-10-9-15(14-18(20)25)13-17-21(26)29-23(27-22(17)30)35-24(28-29)36(2,31)32/h3-5,7-10,13-14,26H,1,6,11-12H2,2H3/b17-13-,26-21?. The van der Waals surface area contributed by atoms with Crippen LogP contribution in [0.15, 0.2) is 70.8 Å². The number of ether oxygens (including phenoxy) is 2. The molecule has 2 heterocycles. The highest BCUT2D eigenvalue weighted by molar-refractivity contribution is 8.42. The van der Waals surface area contributed by atoms with E-state index >= 15 is 0 Å². The molecule has 0 bridgehead atoms. The first-order valence-corrected chi connectivity index (χ1v) is 13.7. The Kier molecular flexibility index (Phi) is 7.62. The molecule has 0 radical (unpaired) electrons. The first-order chi connectivity index (χ1) is 17.2. The van der Waals surface area contributed by atoms with Crippen molar-refractivity contribution in [1.82, 2.24) is 5.01 Å². The average molecular weight is 545 g/mol. The molecule has 0 aromatic heterocycles. The van der Waals surface area contributed by atoms with Crippen LogP contribution in [0.2, 0.25) is 5.02 Å². The molecule has 12 heteroatoms. The number of hydrazone groups is 1. The number of benzene rings is 2. The molecule has 1 amide bonds. The van der Waals surface area contributed by atoms with Gasteiger partial charge in [0.15, 0.2) is 5.84 Å². The molecule has 0 atom stereocenters. The summed E-state index contributed by atoms with van der Waals surface area (Å²) in [7, 11) is -3.60. The minimum atomic E-state index is -3.60. The van der Waals surface area contributed by atoms with Crippen molar-refractivity contribution < 1.29 is 22.7 Å². The summed E-state index contributed by atoms with van der Waals surface area (Å²) >= 11 is 7.10. The maximum Gasteiger partial charge on any atom is 0.283 e. The monoisotopic (exact) mass is 544 g/mol. The van der Waals surface area contributed by atoms with Gasteiger partial charge in [-0.3, -0.25) is 10.2 Å². The Hall–Kier alpha value is -3.41. The quantitative estimate of drug-likeness (QED) is 0.301. The van der Waals surface area contributed by atoms with Crippen LogP contribution >= 0.6 is 23.4 Å². The molecular weight excluding hydrogens is 524 g/mol. The van der Waals surface area contributed by atoms with Gasteiger partial charge >= 0.3 is 0 Å². The maximum absolute atomic E-state index is 12.5. The number of amidine groups is 2. The summed E-state index contributed by atoms with van der Waals surface area (Å²) in [5.41, 5.74) is 1.52. The predicted molar refractivity (Wildman–Crippen MR) is 143 cm³/mol. The van der Waals surface area contributed by atoms with Crippen molar-refractivity contribution in [2.24, 2.45) is 10.1 Å². The Labute approximate surface area is 217 Å². The van der Waals surface area contributed by atoms with Gasteiger partial charge in [-0.1, -0.05) is 41.9 Å². The molecule has 0 aliphatic carbocycles. The Morgan fingerprint density at radius 3 is 2.58 bits per heavy atom. The summed E-state index contributed by atoms with van der Waals surface area (Å²) in [5.74, 6) is 0.255. The van der Waals surface area contributed by atoms with Crippen LogP contribution in [-0.4, -0.2) is 54.2 Å². The molecule has 2 aromatic rings. The van der Waals surface area contributed by atoms with Gasteiger partial charge in [0.05, 0.1) is 10.6 Å². The molecule has 2 aliphatic rings. The number of carbonyl (C=O) groups is 1. The molecule has 4 rings (SSSR count). The number of carbonyl (C=O) groups excluding carboxylic acids is 1. The number of aliphatic imine (C=N–C) groups is 1. The number of allylic oxidation sites excluding steroid dienone is 1. The second kappa shape index (κ2) is 10.7. The Bertz CT molecular complexity index is 1450. The van der Waals surface area contributed by atoms with Crippen molar-refractivity contribution in [2.45, 2.75) is 6.42 Å². The summed E-state index contributed by atoms with van der Waals surface area (Å²) in [6.45, 7) is 4.33. The molecule has 0 unspecified atom stereocenters. The molecule has 0 fully saturated rings. The highest BCUT2D eigenvalue weighted by Gasteiger charge is 2.38. The van der Waals surface area contributed by atoms with Gasteiger partial charge < -0.3 is 9.47 Å². The zero-order valence-electron chi connectivity index (χ0n) is 19.1. The zero-order chi connectivity index (χ0) is 25.9. The normalized spacial score (nSPS) is 16.5. The number of sulfone groups is 1. The second-order valence-electron chi connectivity index (χ2n) is 7.65. The van der Waals surface area contributed by atoms with Gasteiger partial charge in [-0.2, -0.15) is 10.0 Å².